The Kier molecular flexibility index (Phi) is 7.44. The largest absolute Gasteiger partial charge is 0.494 e. The minimum absolute atomic E-state index is 0.168. The van der Waals surface area contributed by atoms with Crippen LogP contribution in [0.3, 0.4) is 0 Å². The van der Waals surface area contributed by atoms with Crippen molar-refractivity contribution in [2.24, 2.45) is 5.10 Å². The van der Waals surface area contributed by atoms with Crippen molar-refractivity contribution in [3.8, 4) is 5.75 Å². The van der Waals surface area contributed by atoms with Crippen LogP contribution in [0.4, 0.5) is 0 Å². The minimum atomic E-state index is -0.710. The Morgan fingerprint density at radius 1 is 1.32 bits per heavy atom. The van der Waals surface area contributed by atoms with Gasteiger partial charge in [-0.2, -0.15) is 5.10 Å². The molecule has 2 aromatic carbocycles. The highest BCUT2D eigenvalue weighted by Crippen LogP contribution is 2.21. The average molecular weight is 361 g/mol. The third kappa shape index (κ3) is 6.57. The van der Waals surface area contributed by atoms with Gasteiger partial charge in [0.25, 0.3) is 0 Å². The number of hydrogen-bond donors (Lipinski definition) is 2. The van der Waals surface area contributed by atoms with Gasteiger partial charge < -0.3 is 9.84 Å². The van der Waals surface area contributed by atoms with Crippen LogP contribution in [0.15, 0.2) is 53.6 Å². The van der Waals surface area contributed by atoms with Gasteiger partial charge in [-0.15, -0.1) is 0 Å². The van der Waals surface area contributed by atoms with Gasteiger partial charge in [-0.1, -0.05) is 35.9 Å². The summed E-state index contributed by atoms with van der Waals surface area (Å²) in [6.45, 7) is 2.51. The van der Waals surface area contributed by atoms with E-state index >= 15 is 0 Å². The standard InChI is InChI=1S/C19H21ClN2O3/c1-2-25-17-8-6-15(7-9-17)18(23)10-11-19(24)22-21-13-14-4-3-5-16(20)12-14/h3-9,12-13,18,23H,2,10-11H2,1H3,(H,22,24)/b21-13-/t18-/m0/s1. The first-order valence-electron chi connectivity index (χ1n) is 8.06. The molecule has 0 aliphatic rings. The monoisotopic (exact) mass is 360 g/mol. The number of amides is 1. The number of carbonyl (C=O) groups is 1. The lowest BCUT2D eigenvalue weighted by Crippen LogP contribution is -2.18. The van der Waals surface area contributed by atoms with Crippen molar-refractivity contribution in [2.75, 3.05) is 6.61 Å². The molecule has 2 aromatic rings. The summed E-state index contributed by atoms with van der Waals surface area (Å²) in [5.41, 5.74) is 3.98. The number of rotatable bonds is 8. The van der Waals surface area contributed by atoms with Crippen LogP contribution in [0.5, 0.6) is 5.75 Å². The highest BCUT2D eigenvalue weighted by atomic mass is 35.5. The van der Waals surface area contributed by atoms with Gasteiger partial charge in [-0.25, -0.2) is 5.43 Å². The van der Waals surface area contributed by atoms with Crippen molar-refractivity contribution in [3.05, 3.63) is 64.7 Å². The van der Waals surface area contributed by atoms with Gasteiger partial charge in [0.1, 0.15) is 5.75 Å². The van der Waals surface area contributed by atoms with Gasteiger partial charge in [0.15, 0.2) is 0 Å². The fourth-order valence-electron chi connectivity index (χ4n) is 2.21. The van der Waals surface area contributed by atoms with Gasteiger partial charge >= 0.3 is 0 Å². The molecular formula is C19H21ClN2O3. The van der Waals surface area contributed by atoms with E-state index in [0.717, 1.165) is 16.9 Å². The maximum absolute atomic E-state index is 11.8. The minimum Gasteiger partial charge on any atom is -0.494 e. The fraction of sp³-hybridized carbons (Fsp3) is 0.263. The molecule has 0 aromatic heterocycles. The Morgan fingerprint density at radius 3 is 2.76 bits per heavy atom. The summed E-state index contributed by atoms with van der Waals surface area (Å²) in [5.74, 6) is 0.495. The number of carbonyl (C=O) groups excluding carboxylic acids is 1. The predicted molar refractivity (Wildman–Crippen MR) is 99.0 cm³/mol. The van der Waals surface area contributed by atoms with Crippen LogP contribution in [-0.4, -0.2) is 23.8 Å². The van der Waals surface area contributed by atoms with Crippen molar-refractivity contribution in [2.45, 2.75) is 25.9 Å². The van der Waals surface area contributed by atoms with E-state index < -0.39 is 6.10 Å². The SMILES string of the molecule is CCOc1ccc([C@@H](O)CCC(=O)N/N=C\c2cccc(Cl)c2)cc1. The molecule has 0 aliphatic heterocycles. The van der Waals surface area contributed by atoms with Crippen molar-refractivity contribution >= 4 is 23.7 Å². The molecule has 0 spiro atoms. The first-order valence-corrected chi connectivity index (χ1v) is 8.44. The number of aliphatic hydroxyl groups is 1. The molecule has 0 unspecified atom stereocenters. The van der Waals surface area contributed by atoms with E-state index in [1.165, 1.54) is 6.21 Å². The number of aliphatic hydroxyl groups excluding tert-OH is 1. The molecule has 132 valence electrons. The summed E-state index contributed by atoms with van der Waals surface area (Å²) in [6.07, 6.45) is 1.29. The van der Waals surface area contributed by atoms with Gasteiger partial charge in [-0.05, 0) is 48.7 Å². The van der Waals surface area contributed by atoms with Crippen LogP contribution < -0.4 is 10.2 Å². The summed E-state index contributed by atoms with van der Waals surface area (Å²) < 4.78 is 5.36. The van der Waals surface area contributed by atoms with E-state index in [1.807, 2.05) is 13.0 Å². The summed E-state index contributed by atoms with van der Waals surface area (Å²) in [5, 5.41) is 14.6. The zero-order chi connectivity index (χ0) is 18.1. The van der Waals surface area contributed by atoms with Crippen molar-refractivity contribution < 1.29 is 14.6 Å². The molecule has 6 heteroatoms. The average Bonchev–Trinajstić information content (AvgIpc) is 2.61. The van der Waals surface area contributed by atoms with Crippen LogP contribution in [0.2, 0.25) is 5.02 Å². The molecule has 5 nitrogen and oxygen atoms in total. The van der Waals surface area contributed by atoms with Crippen LogP contribution in [0, 0.1) is 0 Å². The maximum Gasteiger partial charge on any atom is 0.240 e. The molecule has 2 rings (SSSR count). The third-order valence-electron chi connectivity index (χ3n) is 3.47. The molecule has 0 radical (unpaired) electrons. The summed E-state index contributed by atoms with van der Waals surface area (Å²) in [4.78, 5) is 11.8. The van der Waals surface area contributed by atoms with E-state index in [4.69, 9.17) is 16.3 Å². The van der Waals surface area contributed by atoms with E-state index in [2.05, 4.69) is 10.5 Å². The second-order valence-corrected chi connectivity index (χ2v) is 5.84. The summed E-state index contributed by atoms with van der Waals surface area (Å²) in [7, 11) is 0. The lowest BCUT2D eigenvalue weighted by Gasteiger charge is -2.11. The molecule has 1 atom stereocenters. The number of nitrogens with one attached hydrogen (secondary N) is 1. The van der Waals surface area contributed by atoms with Gasteiger partial charge in [0, 0.05) is 11.4 Å². The number of hydrogen-bond acceptors (Lipinski definition) is 4. The molecule has 0 fully saturated rings. The number of nitrogens with zero attached hydrogens (tertiary/aromatic N) is 1. The third-order valence-corrected chi connectivity index (χ3v) is 3.71. The molecule has 1 amide bonds. The van der Waals surface area contributed by atoms with Crippen molar-refractivity contribution in [1.29, 1.82) is 0 Å². The highest BCUT2D eigenvalue weighted by molar-refractivity contribution is 6.30. The first kappa shape index (κ1) is 19.0. The van der Waals surface area contributed by atoms with E-state index in [0.29, 0.717) is 18.1 Å². The molecule has 25 heavy (non-hydrogen) atoms. The van der Waals surface area contributed by atoms with Crippen LogP contribution >= 0.6 is 11.6 Å². The Morgan fingerprint density at radius 2 is 2.08 bits per heavy atom. The van der Waals surface area contributed by atoms with E-state index in [1.54, 1.807) is 42.5 Å². The molecule has 0 aliphatic carbocycles. The second kappa shape index (κ2) is 9.81. The predicted octanol–water partition coefficient (Wildman–Crippen LogP) is 3.70. The Bertz CT molecular complexity index is 717. The van der Waals surface area contributed by atoms with Gasteiger partial charge in [0.2, 0.25) is 5.91 Å². The maximum atomic E-state index is 11.8. The Hall–Kier alpha value is -2.37. The molecule has 2 N–H and O–H groups in total. The molecule has 0 saturated heterocycles. The van der Waals surface area contributed by atoms with Crippen LogP contribution in [0.25, 0.3) is 0 Å². The van der Waals surface area contributed by atoms with Gasteiger partial charge in [0.05, 0.1) is 18.9 Å². The van der Waals surface area contributed by atoms with Gasteiger partial charge in [-0.3, -0.25) is 4.79 Å². The normalized spacial score (nSPS) is 12.1. The molecule has 0 bridgehead atoms. The van der Waals surface area contributed by atoms with Crippen molar-refractivity contribution in [3.63, 3.8) is 0 Å². The zero-order valence-electron chi connectivity index (χ0n) is 14.0. The molecular weight excluding hydrogens is 340 g/mol. The molecule has 0 saturated carbocycles. The smallest absolute Gasteiger partial charge is 0.240 e. The summed E-state index contributed by atoms with van der Waals surface area (Å²) in [6, 6.07) is 14.3. The Labute approximate surface area is 152 Å². The first-order chi connectivity index (χ1) is 12.1. The highest BCUT2D eigenvalue weighted by Gasteiger charge is 2.10. The topological polar surface area (TPSA) is 70.9 Å². The van der Waals surface area contributed by atoms with E-state index in [-0.39, 0.29) is 12.3 Å². The Balaban J connectivity index is 1.77. The van der Waals surface area contributed by atoms with E-state index in [9.17, 15) is 9.90 Å². The van der Waals surface area contributed by atoms with Crippen molar-refractivity contribution in [1.82, 2.24) is 5.43 Å². The lowest BCUT2D eigenvalue weighted by atomic mass is 10.0. The number of ether oxygens (including phenoxy) is 1. The van der Waals surface area contributed by atoms with Crippen LogP contribution in [-0.2, 0) is 4.79 Å². The lowest BCUT2D eigenvalue weighted by molar-refractivity contribution is -0.121. The summed E-state index contributed by atoms with van der Waals surface area (Å²) >= 11 is 5.87. The number of hydrazone groups is 1. The number of benzene rings is 2. The van der Waals surface area contributed by atoms with Crippen LogP contribution in [0.1, 0.15) is 37.0 Å². The second-order valence-electron chi connectivity index (χ2n) is 5.40. The fourth-order valence-corrected chi connectivity index (χ4v) is 2.41. The quantitative estimate of drug-likeness (QED) is 0.557. The molecule has 0 heterocycles. The number of halogens is 1. The zero-order valence-corrected chi connectivity index (χ0v) is 14.7.